The van der Waals surface area contributed by atoms with Crippen LogP contribution in [0.3, 0.4) is 0 Å². The van der Waals surface area contributed by atoms with Crippen molar-refractivity contribution < 1.29 is 138 Å². The fourth-order valence-electron chi connectivity index (χ4n) is 15.8. The number of likely N-dealkylation sites (N-methyl/N-ethyl adjacent to an activating group) is 1. The molecule has 7 amide bonds. The predicted octanol–water partition coefficient (Wildman–Crippen LogP) is 2.05. The lowest BCUT2D eigenvalue weighted by Gasteiger charge is -2.46. The fraction of sp³-hybridized carbons (Fsp3) is 0.412. The molecule has 41 heteroatoms. The molecule has 15 rings (SSSR count). The Morgan fingerprint density at radius 1 is 0.627 bits per heavy atom. The van der Waals surface area contributed by atoms with E-state index < -0.39 is 284 Å². The number of carboxylic acids is 1. The number of benzene rings is 7. The molecule has 7 aromatic rings. The minimum Gasteiger partial charge on any atom is -0.508 e. The third-order valence-electron chi connectivity index (χ3n) is 22.5. The number of carbonyl (C=O) groups is 8. The van der Waals surface area contributed by atoms with Crippen molar-refractivity contribution in [3.63, 3.8) is 0 Å². The number of nitrogens with two attached hydrogens (primary N) is 2. The fourth-order valence-corrected chi connectivity index (χ4v) is 16.4. The van der Waals surface area contributed by atoms with E-state index in [4.69, 9.17) is 84.2 Å². The van der Waals surface area contributed by atoms with Gasteiger partial charge in [0.05, 0.1) is 41.3 Å². The third kappa shape index (κ3) is 20.3. The quantitative estimate of drug-likeness (QED) is 0.0519. The maximum Gasteiger partial charge on any atom is 0.330 e. The maximum absolute atomic E-state index is 16.4. The normalized spacial score (nSPS) is 29.6. The number of rotatable bonds is 20. The summed E-state index contributed by atoms with van der Waals surface area (Å²) in [4.78, 5) is 120. The van der Waals surface area contributed by atoms with Crippen molar-refractivity contribution in [3.8, 4) is 68.2 Å². The Kier molecular flexibility index (Phi) is 28.7. The van der Waals surface area contributed by atoms with Gasteiger partial charge in [-0.3, -0.25) is 33.6 Å². The number of hydrogen-bond acceptors (Lipinski definition) is 30. The molecule has 23 atom stereocenters. The Balaban J connectivity index is 0.962. The van der Waals surface area contributed by atoms with E-state index in [9.17, 15) is 75.7 Å². The molecule has 674 valence electrons. The van der Waals surface area contributed by atoms with E-state index >= 15 is 24.0 Å². The SMILES string of the molecule is CN[C@H](CC(C)C)C(=O)NC1C(=O)N[C@H](CC(N)=O)C(=O)N[C@H]2C(=O)N[C@@H]3C(=O)N[C@H](C(=O)N[C@H](C(=O)O)c4cc(O)cc(O)c4-c4cc3ccc4O)[C@H](OC3C[C@](C)(N)[C@@H](O)[C@H](C)O3)c3ccc(c(Cl)c3)Oc3cc2cc(c3O[C@@H]2O[C@H](CO)[C@@H](O[C@@H]3O[C@H](CNCc4ccc(-c5ccc(Cl)cc5)cc4)[C@H](O)[C@H](O)[C@H]3O)[C@H](O)[C@H]2O)Oc2ccc(cc2Cl)[C@H]1O. The first-order valence-corrected chi connectivity index (χ1v) is 41.1. The minimum atomic E-state index is -2.42. The molecular weight excluding hydrogens is 1720 g/mol. The molecule has 38 nitrogen and oxygen atoms in total. The van der Waals surface area contributed by atoms with E-state index in [1.165, 1.54) is 33.0 Å². The van der Waals surface area contributed by atoms with Crippen LogP contribution >= 0.6 is 34.8 Å². The summed E-state index contributed by atoms with van der Waals surface area (Å²) in [5.41, 5.74) is 10.6. The summed E-state index contributed by atoms with van der Waals surface area (Å²) in [5, 5.41) is 160. The molecule has 8 aliphatic heterocycles. The lowest BCUT2D eigenvalue weighted by molar-refractivity contribution is -0.350. The molecule has 0 radical (unpaired) electrons. The van der Waals surface area contributed by atoms with Crippen LogP contribution < -0.4 is 68.2 Å². The number of fused-ring (bicyclic) bond motifs is 15. The number of aliphatic hydroxyl groups excluding tert-OH is 8. The van der Waals surface area contributed by atoms with Crippen molar-refractivity contribution in [2.75, 3.05) is 20.2 Å². The van der Waals surface area contributed by atoms with E-state index in [2.05, 4.69) is 42.5 Å². The number of carbonyl (C=O) groups excluding carboxylic acids is 7. The maximum atomic E-state index is 16.4. The Bertz CT molecular complexity index is 5250. The number of carboxylic acid groups (broad SMARTS) is 1. The van der Waals surface area contributed by atoms with E-state index in [1.54, 1.807) is 26.0 Å². The van der Waals surface area contributed by atoms with Crippen LogP contribution in [0.2, 0.25) is 15.1 Å². The summed E-state index contributed by atoms with van der Waals surface area (Å²) in [5.74, 6) is -16.7. The van der Waals surface area contributed by atoms with Gasteiger partial charge in [-0.2, -0.15) is 0 Å². The van der Waals surface area contributed by atoms with Crippen LogP contribution in [0.25, 0.3) is 22.3 Å². The standard InChI is InChI=1S/C85H95Cl3N10O28/c1-33(2)20-48(91-5)76(111)97-64-66(104)39-13-18-52(46(87)22-39)120-54-24-41-25-55(73(54)125-84-71(109)69(107)74(57(32-99)123-84)126-83-70(108)68(106)67(105)56(122-83)31-92-30-35-6-8-36(9-7-35)37-10-15-42(86)16-11-37)121-53-19-14-40(23-47(53)88)72(124-59-29-85(4,90)75(110)34(3)119-59)65-81(116)96-63(82(117)118)45-26-43(100)27-51(102)60(45)44-21-38(12-17-50(44)101)61(78(113)98-65)95-79(114)62(41)94-77(112)49(28-58(89)103)93-80(64)115/h6-19,21-27,33-34,48-49,56-57,59,61-72,74-75,83-84,91-92,99-102,104-110H,20,28-32,90H2,1-5H3,(H2,89,103)(H,93,115)(H,94,112)(H,95,114)(H,96,116)(H,97,111)(H,98,113)(H,117,118)/t34-,48+,49+,56+,57+,59?,61-,62+,63-,64?,65-,66+,67-,68-,69+,70+,71+,72+,74+,75-,83-,84-,85-/m0/s1. The molecule has 8 aliphatic rings. The van der Waals surface area contributed by atoms with Crippen LogP contribution in [0.1, 0.15) is 111 Å². The first-order chi connectivity index (χ1) is 59.8. The van der Waals surface area contributed by atoms with E-state index in [0.29, 0.717) is 5.02 Å². The second kappa shape index (κ2) is 38.9. The number of nitrogens with one attached hydrogen (secondary N) is 8. The molecule has 0 saturated carbocycles. The molecular formula is C85H95Cl3N10O28. The van der Waals surface area contributed by atoms with E-state index in [1.807, 2.05) is 36.4 Å². The predicted molar refractivity (Wildman–Crippen MR) is 443 cm³/mol. The number of halogens is 3. The zero-order valence-electron chi connectivity index (χ0n) is 67.8. The summed E-state index contributed by atoms with van der Waals surface area (Å²) in [7, 11) is 1.46. The van der Waals surface area contributed by atoms with Gasteiger partial charge >= 0.3 is 5.97 Å². The second-order valence-corrected chi connectivity index (χ2v) is 33.4. The molecule has 3 saturated heterocycles. The van der Waals surface area contributed by atoms with Gasteiger partial charge in [0.1, 0.15) is 120 Å². The zero-order valence-corrected chi connectivity index (χ0v) is 70.1. The molecule has 7 aromatic carbocycles. The van der Waals surface area contributed by atoms with Crippen molar-refractivity contribution in [2.24, 2.45) is 17.4 Å². The molecule has 0 aliphatic carbocycles. The minimum absolute atomic E-state index is 0.130. The van der Waals surface area contributed by atoms with Crippen molar-refractivity contribution >= 4 is 82.1 Å². The van der Waals surface area contributed by atoms with Gasteiger partial charge in [-0.1, -0.05) is 103 Å². The van der Waals surface area contributed by atoms with Crippen LogP contribution in [0.5, 0.6) is 46.0 Å². The van der Waals surface area contributed by atoms with E-state index in [0.717, 1.165) is 83.4 Å². The first kappa shape index (κ1) is 93.0. The molecule has 8 heterocycles. The topological polar surface area (TPSA) is 601 Å². The van der Waals surface area contributed by atoms with Crippen molar-refractivity contribution in [2.45, 2.75) is 193 Å². The number of aromatic hydroxyl groups is 3. The number of aliphatic hydroxyl groups is 8. The number of aliphatic carboxylic acids is 1. The van der Waals surface area contributed by atoms with Crippen molar-refractivity contribution in [3.05, 3.63) is 176 Å². The van der Waals surface area contributed by atoms with Crippen LogP contribution in [-0.2, 0) is 68.6 Å². The van der Waals surface area contributed by atoms with Gasteiger partial charge < -0.3 is 153 Å². The van der Waals surface area contributed by atoms with E-state index in [-0.39, 0.29) is 43.0 Å². The van der Waals surface area contributed by atoms with Crippen LogP contribution in [0, 0.1) is 5.92 Å². The molecule has 24 N–H and O–H groups in total. The van der Waals surface area contributed by atoms with Gasteiger partial charge in [-0.05, 0) is 139 Å². The monoisotopic (exact) mass is 1810 g/mol. The second-order valence-electron chi connectivity index (χ2n) is 32.2. The van der Waals surface area contributed by atoms with Gasteiger partial charge in [0.25, 0.3) is 0 Å². The average Bonchev–Trinajstić information content (AvgIpc) is 0.761. The number of ether oxygens (including phenoxy) is 8. The number of hydrogen-bond donors (Lipinski definition) is 22. The molecule has 0 spiro atoms. The summed E-state index contributed by atoms with van der Waals surface area (Å²) in [6.07, 6.45) is -29.1. The molecule has 11 bridgehead atoms. The van der Waals surface area contributed by atoms with Gasteiger partial charge in [0.2, 0.25) is 53.4 Å². The highest BCUT2D eigenvalue weighted by Gasteiger charge is 2.53. The van der Waals surface area contributed by atoms with Crippen molar-refractivity contribution in [1.29, 1.82) is 0 Å². The highest BCUT2D eigenvalue weighted by Crippen LogP contribution is 2.50. The number of phenols is 3. The third-order valence-corrected chi connectivity index (χ3v) is 23.3. The van der Waals surface area contributed by atoms with Crippen LogP contribution in [-0.4, -0.2) is 238 Å². The van der Waals surface area contributed by atoms with Gasteiger partial charge in [-0.25, -0.2) is 4.79 Å². The lowest BCUT2D eigenvalue weighted by atomic mass is 9.86. The average molecular weight is 1810 g/mol. The molecule has 2 unspecified atom stereocenters. The van der Waals surface area contributed by atoms with Crippen molar-refractivity contribution in [1.82, 2.24) is 42.5 Å². The number of primary amides is 1. The summed E-state index contributed by atoms with van der Waals surface area (Å²) in [6.45, 7) is 5.46. The summed E-state index contributed by atoms with van der Waals surface area (Å²) < 4.78 is 51.3. The number of phenolic OH excluding ortho intramolecular Hbond substituents is 3. The summed E-state index contributed by atoms with van der Waals surface area (Å²) >= 11 is 20.6. The highest BCUT2D eigenvalue weighted by molar-refractivity contribution is 6.32. The Morgan fingerprint density at radius 2 is 1.23 bits per heavy atom. The summed E-state index contributed by atoms with van der Waals surface area (Å²) in [6, 6.07) is 13.7. The van der Waals surface area contributed by atoms with Crippen LogP contribution in [0.15, 0.2) is 127 Å². The molecule has 3 fully saturated rings. The van der Waals surface area contributed by atoms with Gasteiger partial charge in [0, 0.05) is 52.8 Å². The Hall–Kier alpha value is -10.7. The first-order valence-electron chi connectivity index (χ1n) is 40.0. The highest BCUT2D eigenvalue weighted by atomic mass is 35.5. The number of amides is 7. The molecule has 0 aromatic heterocycles. The van der Waals surface area contributed by atoms with Crippen LogP contribution in [0.4, 0.5) is 0 Å². The Morgan fingerprint density at radius 3 is 1.85 bits per heavy atom. The smallest absolute Gasteiger partial charge is 0.330 e. The molecule has 126 heavy (non-hydrogen) atoms. The van der Waals surface area contributed by atoms with Gasteiger partial charge in [0.15, 0.2) is 30.1 Å². The van der Waals surface area contributed by atoms with Gasteiger partial charge in [-0.15, -0.1) is 0 Å². The zero-order chi connectivity index (χ0) is 90.9. The Labute approximate surface area is 733 Å². The largest absolute Gasteiger partial charge is 0.508 e. The lowest BCUT2D eigenvalue weighted by Crippen LogP contribution is -2.65.